The standard InChI is InChI=1S/C34H40N4S2/c1-29(9-5-7-23-35-2)11-12-30-14-19-33(20-15-30)37(3)25-27-39-40-28-26-38(4)34-21-16-31(17-22-34)13-18-32-10-6-8-24-36-32/h5-24H,25-28H2,1-4H3/b7-5-,12-11+,18-13+,29-9+,35-23?. The highest BCUT2D eigenvalue weighted by Gasteiger charge is 2.03. The molecule has 1 aromatic heterocycles. The van der Waals surface area contributed by atoms with Crippen LogP contribution >= 0.6 is 21.6 Å². The summed E-state index contributed by atoms with van der Waals surface area (Å²) in [5.41, 5.74) is 7.03. The van der Waals surface area contributed by atoms with E-state index in [1.165, 1.54) is 28.1 Å². The van der Waals surface area contributed by atoms with Crippen molar-refractivity contribution in [1.82, 2.24) is 4.98 Å². The van der Waals surface area contributed by atoms with Gasteiger partial charge >= 0.3 is 0 Å². The second kappa shape index (κ2) is 18.0. The zero-order valence-corrected chi connectivity index (χ0v) is 25.6. The minimum atomic E-state index is 0.969. The summed E-state index contributed by atoms with van der Waals surface area (Å²) in [5.74, 6) is 2.17. The molecule has 1 heterocycles. The molecule has 3 rings (SSSR count). The van der Waals surface area contributed by atoms with Gasteiger partial charge < -0.3 is 9.80 Å². The smallest absolute Gasteiger partial charge is 0.0629 e. The number of rotatable bonds is 15. The Morgan fingerprint density at radius 1 is 0.775 bits per heavy atom. The molecule has 0 atom stereocenters. The number of allylic oxidation sites excluding steroid dienone is 5. The van der Waals surface area contributed by atoms with Crippen LogP contribution in [0.2, 0.25) is 0 Å². The van der Waals surface area contributed by atoms with Crippen molar-refractivity contribution in [2.75, 3.05) is 55.5 Å². The Hall–Kier alpha value is -3.48. The number of aliphatic imine (C=N–C) groups is 1. The second-order valence-corrected chi connectivity index (χ2v) is 12.0. The van der Waals surface area contributed by atoms with Crippen molar-refractivity contribution < 1.29 is 0 Å². The van der Waals surface area contributed by atoms with Crippen LogP contribution in [0.4, 0.5) is 11.4 Å². The van der Waals surface area contributed by atoms with Crippen molar-refractivity contribution in [3.63, 3.8) is 0 Å². The van der Waals surface area contributed by atoms with E-state index in [2.05, 4.69) is 114 Å². The Labute approximate surface area is 248 Å². The van der Waals surface area contributed by atoms with Crippen LogP contribution in [-0.2, 0) is 0 Å². The summed E-state index contributed by atoms with van der Waals surface area (Å²) in [6.45, 7) is 4.14. The Morgan fingerprint density at radius 2 is 1.38 bits per heavy atom. The molecule has 0 N–H and O–H groups in total. The molecule has 40 heavy (non-hydrogen) atoms. The maximum absolute atomic E-state index is 4.33. The summed E-state index contributed by atoms with van der Waals surface area (Å²) in [7, 11) is 9.99. The molecule has 0 bridgehead atoms. The van der Waals surface area contributed by atoms with Crippen molar-refractivity contribution in [1.29, 1.82) is 0 Å². The zero-order chi connectivity index (χ0) is 28.4. The lowest BCUT2D eigenvalue weighted by atomic mass is 10.1. The molecule has 6 heteroatoms. The average molecular weight is 569 g/mol. The van der Waals surface area contributed by atoms with Gasteiger partial charge in [0.1, 0.15) is 0 Å². The molecule has 0 aliphatic heterocycles. The first-order chi connectivity index (χ1) is 19.5. The van der Waals surface area contributed by atoms with E-state index in [0.29, 0.717) is 0 Å². The van der Waals surface area contributed by atoms with Gasteiger partial charge in [-0.3, -0.25) is 9.98 Å². The van der Waals surface area contributed by atoms with E-state index in [-0.39, 0.29) is 0 Å². The van der Waals surface area contributed by atoms with Crippen LogP contribution in [0.5, 0.6) is 0 Å². The van der Waals surface area contributed by atoms with E-state index in [9.17, 15) is 0 Å². The first-order valence-corrected chi connectivity index (χ1v) is 15.9. The number of hydrogen-bond acceptors (Lipinski definition) is 6. The third-order valence-corrected chi connectivity index (χ3v) is 8.51. The third-order valence-electron chi connectivity index (χ3n) is 6.15. The monoisotopic (exact) mass is 568 g/mol. The number of anilines is 2. The quantitative estimate of drug-likeness (QED) is 0.0795. The molecule has 0 spiro atoms. The number of nitrogens with zero attached hydrogens (tertiary/aromatic N) is 4. The van der Waals surface area contributed by atoms with E-state index in [0.717, 1.165) is 30.3 Å². The van der Waals surface area contributed by atoms with E-state index in [1.54, 1.807) is 13.3 Å². The summed E-state index contributed by atoms with van der Waals surface area (Å²) < 4.78 is 0. The fraction of sp³-hybridized carbons (Fsp3) is 0.235. The zero-order valence-electron chi connectivity index (χ0n) is 24.0. The Kier molecular flexibility index (Phi) is 14.0. The summed E-state index contributed by atoms with van der Waals surface area (Å²) >= 11 is 0. The maximum atomic E-state index is 4.33. The molecule has 0 saturated carbocycles. The van der Waals surface area contributed by atoms with Crippen LogP contribution in [0.1, 0.15) is 23.7 Å². The molecular weight excluding hydrogens is 529 g/mol. The van der Waals surface area contributed by atoms with Crippen LogP contribution in [0, 0.1) is 0 Å². The third kappa shape index (κ3) is 11.7. The molecule has 0 unspecified atom stereocenters. The van der Waals surface area contributed by atoms with Gasteiger partial charge in [-0.05, 0) is 66.6 Å². The number of benzene rings is 2. The lowest BCUT2D eigenvalue weighted by Gasteiger charge is -2.20. The Bertz CT molecular complexity index is 1280. The van der Waals surface area contributed by atoms with Crippen molar-refractivity contribution in [2.24, 2.45) is 4.99 Å². The topological polar surface area (TPSA) is 31.7 Å². The van der Waals surface area contributed by atoms with Gasteiger partial charge in [0.25, 0.3) is 0 Å². The largest absolute Gasteiger partial charge is 0.374 e. The molecule has 0 aliphatic carbocycles. The Morgan fingerprint density at radius 3 is 1.93 bits per heavy atom. The molecule has 0 fully saturated rings. The van der Waals surface area contributed by atoms with Crippen LogP contribution in [-0.4, -0.2) is 56.9 Å². The second-order valence-electron chi connectivity index (χ2n) is 9.29. The average Bonchev–Trinajstić information content (AvgIpc) is 2.99. The minimum Gasteiger partial charge on any atom is -0.374 e. The van der Waals surface area contributed by atoms with Gasteiger partial charge in [-0.2, -0.15) is 0 Å². The SMILES string of the molecule is CN=C\C=C/C=C(C)/C=C/c1ccc(N(C)CCSSCCN(C)c2ccc(/C=C/c3ccccn3)cc2)cc1. The van der Waals surface area contributed by atoms with Crippen LogP contribution < -0.4 is 9.80 Å². The lowest BCUT2D eigenvalue weighted by molar-refractivity contribution is 0.977. The first-order valence-electron chi connectivity index (χ1n) is 13.4. The molecule has 0 radical (unpaired) electrons. The fourth-order valence-electron chi connectivity index (χ4n) is 3.69. The first kappa shape index (κ1) is 31.1. The summed E-state index contributed by atoms with van der Waals surface area (Å²) in [5, 5.41) is 0. The van der Waals surface area contributed by atoms with Crippen LogP contribution in [0.25, 0.3) is 18.2 Å². The van der Waals surface area contributed by atoms with Gasteiger partial charge in [0.05, 0.1) is 5.69 Å². The Balaban J connectivity index is 1.32. The van der Waals surface area contributed by atoms with Gasteiger partial charge in [0.2, 0.25) is 0 Å². The molecule has 208 valence electrons. The summed E-state index contributed by atoms with van der Waals surface area (Å²) in [4.78, 5) is 12.9. The molecule has 0 saturated heterocycles. The minimum absolute atomic E-state index is 0.969. The highest BCUT2D eigenvalue weighted by Crippen LogP contribution is 2.24. The lowest BCUT2D eigenvalue weighted by Crippen LogP contribution is -2.21. The van der Waals surface area contributed by atoms with Gasteiger partial charge in [-0.15, -0.1) is 0 Å². The number of pyridine rings is 1. The number of hydrogen-bond donors (Lipinski definition) is 0. The molecule has 0 aliphatic rings. The van der Waals surface area contributed by atoms with E-state index in [4.69, 9.17) is 0 Å². The highest BCUT2D eigenvalue weighted by molar-refractivity contribution is 8.76. The molecule has 0 amide bonds. The van der Waals surface area contributed by atoms with E-state index >= 15 is 0 Å². The van der Waals surface area contributed by atoms with Gasteiger partial charge in [0.15, 0.2) is 0 Å². The normalized spacial score (nSPS) is 12.3. The predicted molar refractivity (Wildman–Crippen MR) is 184 cm³/mol. The highest BCUT2D eigenvalue weighted by atomic mass is 33.1. The van der Waals surface area contributed by atoms with Gasteiger partial charge in [0, 0.05) is 69.5 Å². The van der Waals surface area contributed by atoms with E-state index in [1.807, 2.05) is 64.2 Å². The summed E-state index contributed by atoms with van der Waals surface area (Å²) in [6, 6.07) is 23.4. The van der Waals surface area contributed by atoms with E-state index < -0.39 is 0 Å². The van der Waals surface area contributed by atoms with Crippen molar-refractivity contribution in [3.05, 3.63) is 120 Å². The van der Waals surface area contributed by atoms with Crippen molar-refractivity contribution >= 4 is 57.4 Å². The van der Waals surface area contributed by atoms with Gasteiger partial charge in [-0.1, -0.05) is 87.9 Å². The molecule has 2 aromatic carbocycles. The number of aromatic nitrogens is 1. The predicted octanol–water partition coefficient (Wildman–Crippen LogP) is 8.42. The maximum Gasteiger partial charge on any atom is 0.0629 e. The molecular formula is C34H40N4S2. The molecule has 3 aromatic rings. The van der Waals surface area contributed by atoms with Crippen molar-refractivity contribution in [2.45, 2.75) is 6.92 Å². The van der Waals surface area contributed by atoms with Crippen LogP contribution in [0.3, 0.4) is 0 Å². The van der Waals surface area contributed by atoms with Gasteiger partial charge in [-0.25, -0.2) is 0 Å². The molecule has 4 nitrogen and oxygen atoms in total. The van der Waals surface area contributed by atoms with Crippen LogP contribution in [0.15, 0.2) is 108 Å². The fourth-order valence-corrected chi connectivity index (χ4v) is 5.77. The summed E-state index contributed by atoms with van der Waals surface area (Å²) in [6.07, 6.45) is 18.0. The van der Waals surface area contributed by atoms with Crippen molar-refractivity contribution in [3.8, 4) is 0 Å².